The summed E-state index contributed by atoms with van der Waals surface area (Å²) in [6.07, 6.45) is 1.59. The van der Waals surface area contributed by atoms with E-state index in [0.717, 1.165) is 30.0 Å². The number of pyridine rings is 1. The number of piperazine rings is 1. The molecule has 3 rings (SSSR count). The molecule has 6 heteroatoms. The molecule has 0 spiro atoms. The van der Waals surface area contributed by atoms with Crippen molar-refractivity contribution in [1.82, 2.24) is 9.88 Å². The van der Waals surface area contributed by atoms with E-state index in [1.807, 2.05) is 69.4 Å². The molecule has 1 amide bonds. The Balaban J connectivity index is 1.58. The van der Waals surface area contributed by atoms with E-state index in [4.69, 9.17) is 10.5 Å². The quantitative estimate of drug-likeness (QED) is 0.901. The van der Waals surface area contributed by atoms with E-state index in [1.54, 1.807) is 4.90 Å². The smallest absolute Gasteiger partial charge is 0.410 e. The molecule has 0 saturated carbocycles. The van der Waals surface area contributed by atoms with E-state index >= 15 is 0 Å². The van der Waals surface area contributed by atoms with Crippen LogP contribution in [0.1, 0.15) is 37.9 Å². The topological polar surface area (TPSA) is 71.7 Å². The lowest BCUT2D eigenvalue weighted by Gasteiger charge is -2.36. The molecular formula is C21H28N4O2. The molecule has 144 valence electrons. The number of hydrogen-bond donors (Lipinski definition) is 1. The summed E-state index contributed by atoms with van der Waals surface area (Å²) >= 11 is 0. The van der Waals surface area contributed by atoms with Gasteiger partial charge in [-0.15, -0.1) is 0 Å². The number of aromatic nitrogens is 1. The van der Waals surface area contributed by atoms with Gasteiger partial charge >= 0.3 is 6.09 Å². The van der Waals surface area contributed by atoms with Crippen LogP contribution in [0.4, 0.5) is 10.6 Å². The normalized spacial score (nSPS) is 16.1. The molecule has 1 atom stereocenters. The first kappa shape index (κ1) is 19.2. The second-order valence-corrected chi connectivity index (χ2v) is 7.79. The molecule has 0 unspecified atom stereocenters. The Morgan fingerprint density at radius 3 is 2.26 bits per heavy atom. The SMILES string of the molecule is CC(C)(C)OC(=O)N1CCN(c2ccc([C@H](N)c3ccccc3)cn2)CC1. The standard InChI is InChI=1S/C21H28N4O2/c1-21(2,3)27-20(26)25-13-11-24(12-14-25)18-10-9-17(15-23-18)19(22)16-7-5-4-6-8-16/h4-10,15,19H,11-14,22H2,1-3H3/t19-/m1/s1. The van der Waals surface area contributed by atoms with Gasteiger partial charge in [0.2, 0.25) is 0 Å². The zero-order chi connectivity index (χ0) is 19.4. The molecule has 1 fully saturated rings. The Hall–Kier alpha value is -2.60. The summed E-state index contributed by atoms with van der Waals surface area (Å²) in [5.74, 6) is 0.905. The first-order valence-corrected chi connectivity index (χ1v) is 9.33. The number of carbonyl (C=O) groups excluding carboxylic acids is 1. The summed E-state index contributed by atoms with van der Waals surface area (Å²) in [5.41, 5.74) is 7.92. The van der Waals surface area contributed by atoms with Crippen LogP contribution < -0.4 is 10.6 Å². The molecule has 0 bridgehead atoms. The van der Waals surface area contributed by atoms with Crippen LogP contribution in [0.15, 0.2) is 48.7 Å². The number of carbonyl (C=O) groups is 1. The highest BCUT2D eigenvalue weighted by atomic mass is 16.6. The van der Waals surface area contributed by atoms with Crippen LogP contribution in [-0.4, -0.2) is 47.8 Å². The van der Waals surface area contributed by atoms with Crippen molar-refractivity contribution in [3.63, 3.8) is 0 Å². The fourth-order valence-corrected chi connectivity index (χ4v) is 3.07. The highest BCUT2D eigenvalue weighted by Gasteiger charge is 2.26. The zero-order valence-corrected chi connectivity index (χ0v) is 16.3. The zero-order valence-electron chi connectivity index (χ0n) is 16.3. The lowest BCUT2D eigenvalue weighted by Crippen LogP contribution is -2.50. The van der Waals surface area contributed by atoms with Gasteiger partial charge in [0.25, 0.3) is 0 Å². The fourth-order valence-electron chi connectivity index (χ4n) is 3.07. The lowest BCUT2D eigenvalue weighted by atomic mass is 10.0. The van der Waals surface area contributed by atoms with Crippen molar-refractivity contribution in [1.29, 1.82) is 0 Å². The molecule has 1 saturated heterocycles. The highest BCUT2D eigenvalue weighted by molar-refractivity contribution is 5.68. The Morgan fingerprint density at radius 2 is 1.70 bits per heavy atom. The van der Waals surface area contributed by atoms with E-state index in [1.165, 1.54) is 0 Å². The Morgan fingerprint density at radius 1 is 1.04 bits per heavy atom. The van der Waals surface area contributed by atoms with Crippen molar-refractivity contribution < 1.29 is 9.53 Å². The van der Waals surface area contributed by atoms with Gasteiger partial charge in [-0.3, -0.25) is 0 Å². The minimum atomic E-state index is -0.469. The third-order valence-electron chi connectivity index (χ3n) is 4.54. The van der Waals surface area contributed by atoms with Gasteiger partial charge in [0.15, 0.2) is 0 Å². The molecule has 0 radical (unpaired) electrons. The van der Waals surface area contributed by atoms with Crippen LogP contribution in [0, 0.1) is 0 Å². The van der Waals surface area contributed by atoms with Crippen LogP contribution in [0.5, 0.6) is 0 Å². The second kappa shape index (κ2) is 7.96. The largest absolute Gasteiger partial charge is 0.444 e. The van der Waals surface area contributed by atoms with Crippen molar-refractivity contribution in [2.75, 3.05) is 31.1 Å². The average molecular weight is 368 g/mol. The van der Waals surface area contributed by atoms with E-state index in [-0.39, 0.29) is 12.1 Å². The Bertz CT molecular complexity index is 748. The van der Waals surface area contributed by atoms with Gasteiger partial charge < -0.3 is 20.3 Å². The number of nitrogens with two attached hydrogens (primary N) is 1. The number of amides is 1. The molecule has 1 aromatic heterocycles. The van der Waals surface area contributed by atoms with Crippen molar-refractivity contribution in [3.8, 4) is 0 Å². The average Bonchev–Trinajstić information content (AvgIpc) is 2.67. The van der Waals surface area contributed by atoms with Gasteiger partial charge in [-0.2, -0.15) is 0 Å². The molecule has 27 heavy (non-hydrogen) atoms. The first-order valence-electron chi connectivity index (χ1n) is 9.33. The molecule has 1 aliphatic rings. The van der Waals surface area contributed by atoms with Gasteiger partial charge in [0, 0.05) is 32.4 Å². The van der Waals surface area contributed by atoms with E-state index < -0.39 is 5.60 Å². The summed E-state index contributed by atoms with van der Waals surface area (Å²) in [7, 11) is 0. The molecule has 2 aromatic rings. The summed E-state index contributed by atoms with van der Waals surface area (Å²) in [4.78, 5) is 20.7. The van der Waals surface area contributed by atoms with Crippen molar-refractivity contribution >= 4 is 11.9 Å². The highest BCUT2D eigenvalue weighted by Crippen LogP contribution is 2.21. The Labute approximate surface area is 160 Å². The predicted octanol–water partition coefficient (Wildman–Crippen LogP) is 3.19. The number of anilines is 1. The van der Waals surface area contributed by atoms with Crippen molar-refractivity contribution in [2.45, 2.75) is 32.4 Å². The maximum absolute atomic E-state index is 12.2. The summed E-state index contributed by atoms with van der Waals surface area (Å²) in [6, 6.07) is 13.8. The summed E-state index contributed by atoms with van der Waals surface area (Å²) < 4.78 is 5.44. The number of benzene rings is 1. The minimum Gasteiger partial charge on any atom is -0.444 e. The maximum atomic E-state index is 12.2. The van der Waals surface area contributed by atoms with Crippen LogP contribution in [0.3, 0.4) is 0 Å². The van der Waals surface area contributed by atoms with Crippen LogP contribution >= 0.6 is 0 Å². The molecule has 2 heterocycles. The van der Waals surface area contributed by atoms with Gasteiger partial charge in [0.1, 0.15) is 11.4 Å². The number of nitrogens with zero attached hydrogens (tertiary/aromatic N) is 3. The van der Waals surface area contributed by atoms with Crippen molar-refractivity contribution in [2.24, 2.45) is 5.73 Å². The first-order chi connectivity index (χ1) is 12.8. The molecule has 1 aromatic carbocycles. The monoisotopic (exact) mass is 368 g/mol. The van der Waals surface area contributed by atoms with E-state index in [9.17, 15) is 4.79 Å². The maximum Gasteiger partial charge on any atom is 0.410 e. The van der Waals surface area contributed by atoms with Gasteiger partial charge in [-0.05, 0) is 38.0 Å². The van der Waals surface area contributed by atoms with E-state index in [2.05, 4.69) is 9.88 Å². The molecule has 2 N–H and O–H groups in total. The fraction of sp³-hybridized carbons (Fsp3) is 0.429. The Kier molecular flexibility index (Phi) is 5.65. The van der Waals surface area contributed by atoms with Gasteiger partial charge in [0.05, 0.1) is 6.04 Å². The van der Waals surface area contributed by atoms with Crippen LogP contribution in [-0.2, 0) is 4.74 Å². The molecule has 1 aliphatic heterocycles. The van der Waals surface area contributed by atoms with Gasteiger partial charge in [-0.25, -0.2) is 9.78 Å². The van der Waals surface area contributed by atoms with E-state index in [0.29, 0.717) is 13.1 Å². The third-order valence-corrected chi connectivity index (χ3v) is 4.54. The molecule has 6 nitrogen and oxygen atoms in total. The van der Waals surface area contributed by atoms with Gasteiger partial charge in [-0.1, -0.05) is 36.4 Å². The summed E-state index contributed by atoms with van der Waals surface area (Å²) in [5, 5.41) is 0. The van der Waals surface area contributed by atoms with Crippen LogP contribution in [0.25, 0.3) is 0 Å². The van der Waals surface area contributed by atoms with Crippen LogP contribution in [0.2, 0.25) is 0 Å². The molecular weight excluding hydrogens is 340 g/mol. The number of ether oxygens (including phenoxy) is 1. The lowest BCUT2D eigenvalue weighted by molar-refractivity contribution is 0.0240. The summed E-state index contributed by atoms with van der Waals surface area (Å²) in [6.45, 7) is 8.36. The second-order valence-electron chi connectivity index (χ2n) is 7.79. The third kappa shape index (κ3) is 4.98. The molecule has 0 aliphatic carbocycles. The predicted molar refractivity (Wildman–Crippen MR) is 107 cm³/mol. The number of hydrogen-bond acceptors (Lipinski definition) is 5. The van der Waals surface area contributed by atoms with Crippen molar-refractivity contribution in [3.05, 3.63) is 59.8 Å². The minimum absolute atomic E-state index is 0.184. The number of rotatable bonds is 3.